The zero-order valence-electron chi connectivity index (χ0n) is 23.8. The molecule has 2 aliphatic carbocycles. The van der Waals surface area contributed by atoms with Gasteiger partial charge in [-0.2, -0.15) is 0 Å². The number of carboxylic acids is 1. The van der Waals surface area contributed by atoms with Crippen molar-refractivity contribution < 1.29 is 14.7 Å². The molecule has 0 unspecified atom stereocenters. The van der Waals surface area contributed by atoms with Crippen LogP contribution in [0.25, 0.3) is 38.7 Å². The molecule has 3 aromatic heterocycles. The Balaban J connectivity index is 1.24. The van der Waals surface area contributed by atoms with Gasteiger partial charge in [0.15, 0.2) is 0 Å². The van der Waals surface area contributed by atoms with Crippen LogP contribution in [-0.2, 0) is 24.4 Å². The lowest BCUT2D eigenvalue weighted by atomic mass is 9.75. The van der Waals surface area contributed by atoms with E-state index >= 15 is 0 Å². The summed E-state index contributed by atoms with van der Waals surface area (Å²) in [4.78, 5) is 34.4. The van der Waals surface area contributed by atoms with Gasteiger partial charge in [0.25, 0.3) is 5.91 Å². The summed E-state index contributed by atoms with van der Waals surface area (Å²) in [6.45, 7) is 0. The van der Waals surface area contributed by atoms with E-state index in [4.69, 9.17) is 10.1 Å². The lowest BCUT2D eigenvalue weighted by Gasteiger charge is -2.41. The maximum atomic E-state index is 13.9. The number of carbonyl (C=O) groups is 2. The first kappa shape index (κ1) is 26.6. The second kappa shape index (κ2) is 10.2. The van der Waals surface area contributed by atoms with Crippen LogP contribution in [0.2, 0.25) is 0 Å². The number of carboxylic acid groups (broad SMARTS) is 1. The van der Waals surface area contributed by atoms with E-state index in [1.807, 2.05) is 53.5 Å². The van der Waals surface area contributed by atoms with Gasteiger partial charge in [-0.05, 0) is 79.5 Å². The molecule has 9 heteroatoms. The van der Waals surface area contributed by atoms with E-state index < -0.39 is 11.5 Å². The Kier molecular flexibility index (Phi) is 6.50. The molecule has 0 radical (unpaired) electrons. The maximum Gasteiger partial charge on any atom is 0.328 e. The van der Waals surface area contributed by atoms with Crippen molar-refractivity contribution in [1.29, 1.82) is 0 Å². The molecule has 214 valence electrons. The lowest BCUT2D eigenvalue weighted by molar-refractivity contribution is -0.131. The van der Waals surface area contributed by atoms with E-state index in [9.17, 15) is 9.59 Å². The number of aromatic nitrogens is 4. The normalized spacial score (nSPS) is 16.9. The van der Waals surface area contributed by atoms with E-state index in [0.29, 0.717) is 11.5 Å². The molecule has 42 heavy (non-hydrogen) atoms. The van der Waals surface area contributed by atoms with Crippen LogP contribution in [0.3, 0.4) is 0 Å². The number of nitrogens with one attached hydrogen (secondary N) is 1. The number of thiazole rings is 1. The topological polar surface area (TPSA) is 102 Å². The predicted octanol–water partition coefficient (Wildman–Crippen LogP) is 6.75. The highest BCUT2D eigenvalue weighted by Gasteiger charge is 2.44. The zero-order chi connectivity index (χ0) is 29.0. The molecule has 0 aliphatic heterocycles. The van der Waals surface area contributed by atoms with Gasteiger partial charge in [-0.3, -0.25) is 4.79 Å². The van der Waals surface area contributed by atoms with Crippen molar-refractivity contribution in [2.24, 2.45) is 14.1 Å². The number of hydrogen-bond acceptors (Lipinski definition) is 5. The van der Waals surface area contributed by atoms with Gasteiger partial charge < -0.3 is 19.6 Å². The van der Waals surface area contributed by atoms with Crippen LogP contribution in [0.5, 0.6) is 0 Å². The molecule has 3 heterocycles. The van der Waals surface area contributed by atoms with Crippen molar-refractivity contribution >= 4 is 51.2 Å². The van der Waals surface area contributed by atoms with Gasteiger partial charge in [0.1, 0.15) is 10.8 Å². The lowest BCUT2D eigenvalue weighted by Crippen LogP contribution is -2.52. The van der Waals surface area contributed by atoms with Crippen LogP contribution in [0, 0.1) is 0 Å². The number of amides is 1. The number of hydrogen-bond donors (Lipinski definition) is 2. The number of carbonyl (C=O) groups excluding carboxylic acids is 1. The average Bonchev–Trinajstić information content (AvgIpc) is 3.77. The quantitative estimate of drug-likeness (QED) is 0.208. The molecule has 1 amide bonds. The third-order valence-electron chi connectivity index (χ3n) is 9.21. The summed E-state index contributed by atoms with van der Waals surface area (Å²) in [7, 11) is 4.07. The van der Waals surface area contributed by atoms with Crippen LogP contribution in [0.15, 0.2) is 54.1 Å². The Hall–Kier alpha value is -4.24. The Labute approximate surface area is 247 Å². The highest BCUT2D eigenvalue weighted by molar-refractivity contribution is 7.13. The SMILES string of the molecule is Cn1c(C2(NC(=O)c3ccc4c(C5CCCC5)c(-c5nccs5)n(C)c4c3)CCC2)nc2cc(/C=C/C(=O)O)ccc21. The summed E-state index contributed by atoms with van der Waals surface area (Å²) in [5.74, 6) is 0.248. The van der Waals surface area contributed by atoms with E-state index in [2.05, 4.69) is 28.0 Å². The largest absolute Gasteiger partial charge is 0.478 e. The molecule has 8 nitrogen and oxygen atoms in total. The molecular formula is C33H33N5O3S. The van der Waals surface area contributed by atoms with Crippen LogP contribution < -0.4 is 5.32 Å². The molecule has 0 saturated heterocycles. The van der Waals surface area contributed by atoms with Gasteiger partial charge in [0, 0.05) is 48.2 Å². The number of imidazole rings is 1. The molecule has 5 aromatic rings. The first-order valence-corrected chi connectivity index (χ1v) is 15.5. The first-order valence-electron chi connectivity index (χ1n) is 14.6. The van der Waals surface area contributed by atoms with Crippen molar-refractivity contribution in [1.82, 2.24) is 24.4 Å². The highest BCUT2D eigenvalue weighted by atomic mass is 32.1. The first-order chi connectivity index (χ1) is 20.3. The molecule has 2 fully saturated rings. The number of fused-ring (bicyclic) bond motifs is 2. The molecule has 7 rings (SSSR count). The summed E-state index contributed by atoms with van der Waals surface area (Å²) < 4.78 is 4.27. The minimum absolute atomic E-state index is 0.104. The predicted molar refractivity (Wildman–Crippen MR) is 166 cm³/mol. The summed E-state index contributed by atoms with van der Waals surface area (Å²) >= 11 is 1.66. The fourth-order valence-electron chi connectivity index (χ4n) is 6.97. The Morgan fingerprint density at radius 2 is 1.86 bits per heavy atom. The van der Waals surface area contributed by atoms with Crippen LogP contribution in [0.1, 0.15) is 78.2 Å². The molecule has 2 aliphatic rings. The van der Waals surface area contributed by atoms with Gasteiger partial charge in [-0.25, -0.2) is 14.8 Å². The summed E-state index contributed by atoms with van der Waals surface area (Å²) in [6, 6.07) is 11.8. The van der Waals surface area contributed by atoms with Gasteiger partial charge in [-0.1, -0.05) is 25.0 Å². The van der Waals surface area contributed by atoms with Crippen LogP contribution >= 0.6 is 11.3 Å². The smallest absolute Gasteiger partial charge is 0.328 e. The second-order valence-electron chi connectivity index (χ2n) is 11.7. The van der Waals surface area contributed by atoms with E-state index in [0.717, 1.165) is 58.3 Å². The van der Waals surface area contributed by atoms with Crippen molar-refractivity contribution in [2.45, 2.75) is 56.4 Å². The second-order valence-corrected chi connectivity index (χ2v) is 12.6. The number of nitrogens with zero attached hydrogens (tertiary/aromatic N) is 4. The number of aliphatic carboxylic acids is 1. The van der Waals surface area contributed by atoms with Gasteiger partial charge in [0.2, 0.25) is 0 Å². The number of benzene rings is 2. The molecule has 0 spiro atoms. The van der Waals surface area contributed by atoms with E-state index in [1.165, 1.54) is 42.3 Å². The Morgan fingerprint density at radius 3 is 2.55 bits per heavy atom. The van der Waals surface area contributed by atoms with Gasteiger partial charge in [-0.15, -0.1) is 11.3 Å². The summed E-state index contributed by atoms with van der Waals surface area (Å²) in [5, 5.41) is 16.6. The molecule has 0 bridgehead atoms. The molecular weight excluding hydrogens is 546 g/mol. The zero-order valence-corrected chi connectivity index (χ0v) is 24.6. The number of rotatable bonds is 7. The standard InChI is InChI=1S/C33H33N5O3S/c1-37-26-19-22(10-11-23(26)28(21-6-3-4-7-21)29(37)31-34-16-17-42-31)30(41)36-33(14-5-15-33)32-35-24-18-20(9-13-27(39)40)8-12-25(24)38(32)2/h8-13,16-19,21H,3-7,14-15H2,1-2H3,(H,36,41)(H,39,40)/b13-9+. The minimum Gasteiger partial charge on any atom is -0.478 e. The molecule has 2 N–H and O–H groups in total. The molecule has 0 atom stereocenters. The fourth-order valence-corrected chi connectivity index (χ4v) is 7.70. The van der Waals surface area contributed by atoms with E-state index in [-0.39, 0.29) is 5.91 Å². The average molecular weight is 580 g/mol. The Bertz CT molecular complexity index is 1870. The monoisotopic (exact) mass is 579 g/mol. The molecule has 2 aromatic carbocycles. The van der Waals surface area contributed by atoms with Crippen molar-refractivity contribution in [2.75, 3.05) is 0 Å². The third kappa shape index (κ3) is 4.34. The van der Waals surface area contributed by atoms with Crippen molar-refractivity contribution in [3.05, 3.63) is 76.6 Å². The van der Waals surface area contributed by atoms with E-state index in [1.54, 1.807) is 17.4 Å². The van der Waals surface area contributed by atoms with Gasteiger partial charge in [0.05, 0.1) is 22.3 Å². The summed E-state index contributed by atoms with van der Waals surface area (Å²) in [6.07, 6.45) is 12.1. The van der Waals surface area contributed by atoms with Gasteiger partial charge >= 0.3 is 5.97 Å². The van der Waals surface area contributed by atoms with Crippen LogP contribution in [0.4, 0.5) is 0 Å². The fraction of sp³-hybridized carbons (Fsp3) is 0.333. The van der Waals surface area contributed by atoms with Crippen molar-refractivity contribution in [3.8, 4) is 10.7 Å². The summed E-state index contributed by atoms with van der Waals surface area (Å²) in [5.41, 5.74) is 6.19. The third-order valence-corrected chi connectivity index (χ3v) is 9.99. The minimum atomic E-state index is -0.990. The number of aryl methyl sites for hydroxylation is 2. The maximum absolute atomic E-state index is 13.9. The molecule has 2 saturated carbocycles. The van der Waals surface area contributed by atoms with Crippen LogP contribution in [-0.4, -0.2) is 36.1 Å². The highest BCUT2D eigenvalue weighted by Crippen LogP contribution is 2.45. The Morgan fingerprint density at radius 1 is 1.05 bits per heavy atom. The van der Waals surface area contributed by atoms with Crippen molar-refractivity contribution in [3.63, 3.8) is 0 Å².